The van der Waals surface area contributed by atoms with E-state index in [2.05, 4.69) is 18.2 Å². The third kappa shape index (κ3) is 5.44. The van der Waals surface area contributed by atoms with Crippen LogP contribution in [0.1, 0.15) is 23.7 Å². The monoisotopic (exact) mass is 391 g/mol. The molecule has 2 aromatic rings. The van der Waals surface area contributed by atoms with E-state index in [9.17, 15) is 4.79 Å². The van der Waals surface area contributed by atoms with E-state index in [0.29, 0.717) is 11.7 Å². The van der Waals surface area contributed by atoms with Crippen molar-refractivity contribution in [2.75, 3.05) is 24.6 Å². The topological polar surface area (TPSA) is 20.3 Å². The summed E-state index contributed by atoms with van der Waals surface area (Å²) in [6, 6.07) is 18.3. The molecule has 25 heavy (non-hydrogen) atoms. The fourth-order valence-electron chi connectivity index (χ4n) is 2.94. The van der Waals surface area contributed by atoms with Crippen molar-refractivity contribution in [1.82, 2.24) is 4.90 Å². The van der Waals surface area contributed by atoms with Gasteiger partial charge in [0.25, 0.3) is 0 Å². The lowest BCUT2D eigenvalue weighted by atomic mass is 10.1. The van der Waals surface area contributed by atoms with E-state index in [1.54, 1.807) is 11.8 Å². The number of benzene rings is 2. The Bertz CT molecular complexity index is 695. The molecule has 3 rings (SSSR count). The van der Waals surface area contributed by atoms with Gasteiger partial charge in [0.2, 0.25) is 5.91 Å². The molecule has 5 heteroatoms. The third-order valence-corrected chi connectivity index (χ3v) is 6.94. The largest absolute Gasteiger partial charge is 0.342 e. The number of rotatable bonds is 5. The lowest BCUT2D eigenvalue weighted by Gasteiger charge is -2.20. The second-order valence-corrected chi connectivity index (χ2v) is 8.85. The Morgan fingerprint density at radius 2 is 1.88 bits per heavy atom. The van der Waals surface area contributed by atoms with Gasteiger partial charge < -0.3 is 4.90 Å². The zero-order valence-electron chi connectivity index (χ0n) is 14.1. The number of amides is 1. The van der Waals surface area contributed by atoms with Gasteiger partial charge in [-0.2, -0.15) is 11.8 Å². The summed E-state index contributed by atoms with van der Waals surface area (Å²) in [5, 5.41) is 1.21. The van der Waals surface area contributed by atoms with Gasteiger partial charge in [0.15, 0.2) is 0 Å². The normalized spacial score (nSPS) is 18.0. The smallest absolute Gasteiger partial charge is 0.223 e. The standard InChI is InChI=1S/C20H22ClNOS2/c21-18-9-5-4-8-17(18)19-10-12-22(13-15-25-19)20(23)11-14-24-16-6-2-1-3-7-16/h1-9,19H,10-15H2. The number of thioether (sulfide) groups is 2. The van der Waals surface area contributed by atoms with Crippen LogP contribution in [0.3, 0.4) is 0 Å². The van der Waals surface area contributed by atoms with Crippen molar-refractivity contribution in [3.8, 4) is 0 Å². The number of nitrogens with zero attached hydrogens (tertiary/aromatic N) is 1. The van der Waals surface area contributed by atoms with Crippen molar-refractivity contribution in [2.24, 2.45) is 0 Å². The number of carbonyl (C=O) groups is 1. The predicted octanol–water partition coefficient (Wildman–Crippen LogP) is 5.53. The van der Waals surface area contributed by atoms with Crippen molar-refractivity contribution in [3.05, 3.63) is 65.2 Å². The second-order valence-electron chi connectivity index (χ2n) is 5.96. The maximum atomic E-state index is 12.5. The maximum Gasteiger partial charge on any atom is 0.223 e. The summed E-state index contributed by atoms with van der Waals surface area (Å²) < 4.78 is 0. The molecule has 1 aliphatic rings. The summed E-state index contributed by atoms with van der Waals surface area (Å²) in [5.41, 5.74) is 1.20. The Kier molecular flexibility index (Phi) is 7.14. The van der Waals surface area contributed by atoms with Crippen molar-refractivity contribution in [1.29, 1.82) is 0 Å². The Hall–Kier alpha value is -1.10. The first-order valence-electron chi connectivity index (χ1n) is 8.55. The van der Waals surface area contributed by atoms with Crippen LogP contribution in [-0.4, -0.2) is 35.4 Å². The zero-order valence-corrected chi connectivity index (χ0v) is 16.5. The van der Waals surface area contributed by atoms with Crippen LogP contribution in [0.4, 0.5) is 0 Å². The zero-order chi connectivity index (χ0) is 17.5. The van der Waals surface area contributed by atoms with Gasteiger partial charge in [0.05, 0.1) is 0 Å². The maximum absolute atomic E-state index is 12.5. The van der Waals surface area contributed by atoms with Crippen molar-refractivity contribution in [3.63, 3.8) is 0 Å². The summed E-state index contributed by atoms with van der Waals surface area (Å²) in [5.74, 6) is 2.07. The van der Waals surface area contributed by atoms with E-state index in [1.165, 1.54) is 10.5 Å². The summed E-state index contributed by atoms with van der Waals surface area (Å²) in [7, 11) is 0. The molecule has 2 nitrogen and oxygen atoms in total. The van der Waals surface area contributed by atoms with Gasteiger partial charge in [-0.3, -0.25) is 4.79 Å². The summed E-state index contributed by atoms with van der Waals surface area (Å²) >= 11 is 10.00. The van der Waals surface area contributed by atoms with Crippen LogP contribution in [0.2, 0.25) is 5.02 Å². The van der Waals surface area contributed by atoms with E-state index < -0.39 is 0 Å². The van der Waals surface area contributed by atoms with Crippen molar-refractivity contribution < 1.29 is 4.79 Å². The highest BCUT2D eigenvalue weighted by Crippen LogP contribution is 2.37. The first-order valence-corrected chi connectivity index (χ1v) is 11.0. The van der Waals surface area contributed by atoms with Crippen LogP contribution in [-0.2, 0) is 4.79 Å². The van der Waals surface area contributed by atoms with Gasteiger partial charge in [-0.15, -0.1) is 11.8 Å². The Balaban J connectivity index is 1.49. The van der Waals surface area contributed by atoms with Gasteiger partial charge in [-0.25, -0.2) is 0 Å². The molecule has 1 fully saturated rings. The molecule has 1 atom stereocenters. The van der Waals surface area contributed by atoms with Crippen LogP contribution in [0, 0.1) is 0 Å². The first-order chi connectivity index (χ1) is 12.2. The van der Waals surface area contributed by atoms with E-state index >= 15 is 0 Å². The molecule has 0 N–H and O–H groups in total. The van der Waals surface area contributed by atoms with Crippen molar-refractivity contribution >= 4 is 41.0 Å². The van der Waals surface area contributed by atoms with E-state index in [1.807, 2.05) is 53.1 Å². The molecule has 1 unspecified atom stereocenters. The minimum atomic E-state index is 0.267. The first kappa shape index (κ1) is 18.7. The van der Waals surface area contributed by atoms with Crippen LogP contribution in [0.15, 0.2) is 59.5 Å². The molecule has 132 valence electrons. The minimum Gasteiger partial charge on any atom is -0.342 e. The number of halogens is 1. The molecule has 1 heterocycles. The second kappa shape index (κ2) is 9.56. The fraction of sp³-hybridized carbons (Fsp3) is 0.350. The van der Waals surface area contributed by atoms with E-state index in [-0.39, 0.29) is 5.91 Å². The van der Waals surface area contributed by atoms with E-state index in [4.69, 9.17) is 11.6 Å². The fourth-order valence-corrected chi connectivity index (χ4v) is 5.40. The average Bonchev–Trinajstić information content (AvgIpc) is 2.89. The third-order valence-electron chi connectivity index (χ3n) is 4.27. The molecule has 1 saturated heterocycles. The van der Waals surface area contributed by atoms with Gasteiger partial charge in [-0.1, -0.05) is 48.0 Å². The van der Waals surface area contributed by atoms with Crippen molar-refractivity contribution in [2.45, 2.75) is 23.0 Å². The highest BCUT2D eigenvalue weighted by atomic mass is 35.5. The minimum absolute atomic E-state index is 0.267. The van der Waals surface area contributed by atoms with Gasteiger partial charge in [-0.05, 0) is 30.2 Å². The van der Waals surface area contributed by atoms with Gasteiger partial charge in [0.1, 0.15) is 0 Å². The molecule has 2 aromatic carbocycles. The molecule has 0 aliphatic carbocycles. The Labute approximate surface area is 163 Å². The predicted molar refractivity (Wildman–Crippen MR) is 110 cm³/mol. The summed E-state index contributed by atoms with van der Waals surface area (Å²) in [4.78, 5) is 15.8. The SMILES string of the molecule is O=C(CCSc1ccccc1)N1CCSC(c2ccccc2Cl)CC1. The lowest BCUT2D eigenvalue weighted by molar-refractivity contribution is -0.130. The Morgan fingerprint density at radius 3 is 2.68 bits per heavy atom. The van der Waals surface area contributed by atoms with Gasteiger partial charge in [0, 0.05) is 46.2 Å². The van der Waals surface area contributed by atoms with Crippen LogP contribution >= 0.6 is 35.1 Å². The number of hydrogen-bond acceptors (Lipinski definition) is 3. The highest BCUT2D eigenvalue weighted by Gasteiger charge is 2.23. The average molecular weight is 392 g/mol. The summed E-state index contributed by atoms with van der Waals surface area (Å²) in [6.45, 7) is 1.65. The molecule has 1 aliphatic heterocycles. The molecule has 0 spiro atoms. The van der Waals surface area contributed by atoms with Crippen LogP contribution < -0.4 is 0 Å². The van der Waals surface area contributed by atoms with Crippen LogP contribution in [0.5, 0.6) is 0 Å². The molecule has 0 aromatic heterocycles. The molecule has 0 saturated carbocycles. The molecular formula is C20H22ClNOS2. The summed E-state index contributed by atoms with van der Waals surface area (Å²) in [6.07, 6.45) is 1.56. The quantitative estimate of drug-likeness (QED) is 0.625. The number of carbonyl (C=O) groups excluding carboxylic acids is 1. The molecule has 0 bridgehead atoms. The highest BCUT2D eigenvalue weighted by molar-refractivity contribution is 7.99. The van der Waals surface area contributed by atoms with Crippen LogP contribution in [0.25, 0.3) is 0 Å². The molecule has 1 amide bonds. The number of hydrogen-bond donors (Lipinski definition) is 0. The molecule has 0 radical (unpaired) electrons. The lowest BCUT2D eigenvalue weighted by Crippen LogP contribution is -2.33. The van der Waals surface area contributed by atoms with Gasteiger partial charge >= 0.3 is 0 Å². The molecular weight excluding hydrogens is 370 g/mol. The van der Waals surface area contributed by atoms with E-state index in [0.717, 1.165) is 36.0 Å². The Morgan fingerprint density at radius 1 is 1.12 bits per heavy atom.